The van der Waals surface area contributed by atoms with Crippen LogP contribution < -0.4 is 15.4 Å². The van der Waals surface area contributed by atoms with Crippen LogP contribution in [-0.2, 0) is 24.2 Å². The van der Waals surface area contributed by atoms with Crippen molar-refractivity contribution in [2.45, 2.75) is 35.5 Å². The Morgan fingerprint density at radius 3 is 2.68 bits per heavy atom. The molecule has 3 aromatic rings. The van der Waals surface area contributed by atoms with Crippen LogP contribution in [0.25, 0.3) is 10.3 Å². The van der Waals surface area contributed by atoms with Crippen molar-refractivity contribution >= 4 is 48.3 Å². The highest BCUT2D eigenvalue weighted by molar-refractivity contribution is 7.92. The van der Waals surface area contributed by atoms with Gasteiger partial charge in [-0.25, -0.2) is 18.4 Å². The van der Waals surface area contributed by atoms with Gasteiger partial charge in [0, 0.05) is 24.6 Å². The molecule has 5 rings (SSSR count). The zero-order chi connectivity index (χ0) is 25.8. The van der Waals surface area contributed by atoms with Crippen molar-refractivity contribution < 1.29 is 27.5 Å². The molecule has 0 radical (unpaired) electrons. The number of oxime groups is 1. The van der Waals surface area contributed by atoms with Gasteiger partial charge in [0.15, 0.2) is 26.8 Å². The number of pyridine rings is 1. The third kappa shape index (κ3) is 6.06. The normalized spacial score (nSPS) is 18.2. The van der Waals surface area contributed by atoms with Gasteiger partial charge in [-0.05, 0) is 38.1 Å². The number of ether oxygens (including phenoxy) is 2. The Kier molecular flexibility index (Phi) is 7.65. The number of sulfone groups is 1. The number of aromatic nitrogens is 2. The predicted octanol–water partition coefficient (Wildman–Crippen LogP) is 2.37. The molecule has 2 aromatic heterocycles. The first-order valence-electron chi connectivity index (χ1n) is 12.0. The second-order valence-corrected chi connectivity index (χ2v) is 11.9. The summed E-state index contributed by atoms with van der Waals surface area (Å²) in [6, 6.07) is 9.64. The molecule has 1 saturated heterocycles. The van der Waals surface area contributed by atoms with E-state index < -0.39 is 15.7 Å². The highest BCUT2D eigenvalue weighted by atomic mass is 32.2. The lowest BCUT2D eigenvalue weighted by Gasteiger charge is -2.10. The number of anilines is 1. The van der Waals surface area contributed by atoms with E-state index in [4.69, 9.17) is 14.3 Å². The van der Waals surface area contributed by atoms with Crippen molar-refractivity contribution in [3.8, 4) is 5.88 Å². The number of rotatable bonds is 11. The number of carbonyl (C=O) groups excluding carboxylic acids is 1. The molecule has 1 saturated carbocycles. The van der Waals surface area contributed by atoms with E-state index in [0.29, 0.717) is 72.5 Å². The number of nitrogens with zero attached hydrogens (tertiary/aromatic N) is 3. The van der Waals surface area contributed by atoms with E-state index in [1.165, 1.54) is 23.5 Å². The molecule has 1 aliphatic carbocycles. The van der Waals surface area contributed by atoms with Gasteiger partial charge in [0.25, 0.3) is 5.91 Å². The second-order valence-electron chi connectivity index (χ2n) is 8.70. The lowest BCUT2D eigenvalue weighted by Crippen LogP contribution is -2.25. The molecule has 37 heavy (non-hydrogen) atoms. The maximum absolute atomic E-state index is 13.3. The van der Waals surface area contributed by atoms with E-state index in [1.807, 2.05) is 7.05 Å². The van der Waals surface area contributed by atoms with Crippen LogP contribution in [0, 0.1) is 0 Å². The minimum absolute atomic E-state index is 0.00516. The van der Waals surface area contributed by atoms with E-state index in [-0.39, 0.29) is 22.0 Å². The Morgan fingerprint density at radius 1 is 1.16 bits per heavy atom. The van der Waals surface area contributed by atoms with E-state index in [9.17, 15) is 13.2 Å². The number of likely N-dealkylation sites (N-methyl/N-ethyl adjacent to an activating group) is 1. The molecular weight excluding hydrogens is 518 g/mol. The highest BCUT2D eigenvalue weighted by Gasteiger charge is 2.36. The zero-order valence-corrected chi connectivity index (χ0v) is 21.8. The van der Waals surface area contributed by atoms with Gasteiger partial charge in [0.1, 0.15) is 17.0 Å². The summed E-state index contributed by atoms with van der Waals surface area (Å²) in [5, 5.41) is 9.92. The Labute approximate surface area is 218 Å². The molecule has 1 aromatic carbocycles. The Hall–Kier alpha value is -3.13. The summed E-state index contributed by atoms with van der Waals surface area (Å²) in [5.41, 5.74) is 1.05. The fourth-order valence-corrected chi connectivity index (χ4v) is 6.15. The second kappa shape index (κ2) is 11.1. The number of carbonyl (C=O) groups is 1. The number of nitrogens with one attached hydrogen (secondary N) is 2. The van der Waals surface area contributed by atoms with Crippen LogP contribution >= 0.6 is 11.3 Å². The lowest BCUT2D eigenvalue weighted by atomic mass is 10.1. The first-order chi connectivity index (χ1) is 17.9. The van der Waals surface area contributed by atoms with E-state index >= 15 is 0 Å². The highest BCUT2D eigenvalue weighted by Crippen LogP contribution is 2.33. The van der Waals surface area contributed by atoms with Gasteiger partial charge in [-0.3, -0.25) is 10.1 Å². The molecule has 196 valence electrons. The first kappa shape index (κ1) is 25.5. The molecule has 0 unspecified atom stereocenters. The minimum atomic E-state index is -3.35. The molecule has 2 fully saturated rings. The molecule has 0 bridgehead atoms. The summed E-state index contributed by atoms with van der Waals surface area (Å²) in [6.45, 7) is 2.12. The Morgan fingerprint density at radius 2 is 1.97 bits per heavy atom. The molecule has 2 aliphatic rings. The van der Waals surface area contributed by atoms with Crippen LogP contribution in [0.5, 0.6) is 5.88 Å². The standard InChI is InChI=1S/C24H27N5O6S2/c1-25-11-13-34-20-9-8-19-23(27-20)36-24(26-19)28-22(30)21(29-35-16-10-12-33-14-16)15-2-4-17(5-3-15)37(31,32)18-6-7-18/h2-5,8-9,16,18,25H,6-7,10-14H2,1H3,(H,26,28,30)/t16-/m1/s1. The van der Waals surface area contributed by atoms with Gasteiger partial charge in [-0.2, -0.15) is 0 Å². The summed E-state index contributed by atoms with van der Waals surface area (Å²) in [7, 11) is -1.51. The summed E-state index contributed by atoms with van der Waals surface area (Å²) in [5.74, 6) is -0.0683. The van der Waals surface area contributed by atoms with Crippen LogP contribution in [0.15, 0.2) is 46.4 Å². The number of amides is 1. The van der Waals surface area contributed by atoms with Crippen molar-refractivity contribution in [2.24, 2.45) is 5.16 Å². The van der Waals surface area contributed by atoms with Crippen LogP contribution in [0.3, 0.4) is 0 Å². The fourth-order valence-electron chi connectivity index (χ4n) is 3.67. The largest absolute Gasteiger partial charge is 0.476 e. The molecule has 1 atom stereocenters. The summed E-state index contributed by atoms with van der Waals surface area (Å²) in [6.07, 6.45) is 1.76. The predicted molar refractivity (Wildman–Crippen MR) is 139 cm³/mol. The quantitative estimate of drug-likeness (QED) is 0.211. The molecule has 1 aliphatic heterocycles. The van der Waals surface area contributed by atoms with Crippen molar-refractivity contribution in [3.63, 3.8) is 0 Å². The number of hydrogen-bond donors (Lipinski definition) is 2. The lowest BCUT2D eigenvalue weighted by molar-refractivity contribution is -0.110. The number of benzene rings is 1. The van der Waals surface area contributed by atoms with Gasteiger partial charge in [0.2, 0.25) is 5.88 Å². The fraction of sp³-hybridized carbons (Fsp3) is 0.417. The average Bonchev–Trinajstić information content (AvgIpc) is 3.50. The van der Waals surface area contributed by atoms with E-state index in [1.54, 1.807) is 24.3 Å². The number of hydrogen-bond acceptors (Lipinski definition) is 11. The molecule has 0 spiro atoms. The monoisotopic (exact) mass is 545 g/mol. The van der Waals surface area contributed by atoms with E-state index in [0.717, 1.165) is 0 Å². The van der Waals surface area contributed by atoms with Gasteiger partial charge in [-0.1, -0.05) is 28.6 Å². The van der Waals surface area contributed by atoms with Crippen LogP contribution in [0.1, 0.15) is 24.8 Å². The van der Waals surface area contributed by atoms with Crippen molar-refractivity contribution in [2.75, 3.05) is 38.7 Å². The SMILES string of the molecule is CNCCOc1ccc2nc(NC(=O)C(=NO[C@@H]3CCOC3)c3ccc(S(=O)(=O)C4CC4)cc3)sc2n1. The molecule has 2 N–H and O–H groups in total. The van der Waals surface area contributed by atoms with Gasteiger partial charge in [0.05, 0.1) is 23.4 Å². The molecular formula is C24H27N5O6S2. The number of fused-ring (bicyclic) bond motifs is 1. The summed E-state index contributed by atoms with van der Waals surface area (Å²) in [4.78, 5) is 28.6. The van der Waals surface area contributed by atoms with Crippen LogP contribution in [0.2, 0.25) is 0 Å². The first-order valence-corrected chi connectivity index (χ1v) is 14.3. The van der Waals surface area contributed by atoms with E-state index in [2.05, 4.69) is 25.8 Å². The maximum atomic E-state index is 13.3. The summed E-state index contributed by atoms with van der Waals surface area (Å²) >= 11 is 1.21. The van der Waals surface area contributed by atoms with Gasteiger partial charge < -0.3 is 19.6 Å². The van der Waals surface area contributed by atoms with Gasteiger partial charge >= 0.3 is 0 Å². The average molecular weight is 546 g/mol. The molecule has 13 heteroatoms. The van der Waals surface area contributed by atoms with Crippen molar-refractivity contribution in [1.82, 2.24) is 15.3 Å². The molecule has 11 nitrogen and oxygen atoms in total. The maximum Gasteiger partial charge on any atom is 0.280 e. The van der Waals surface area contributed by atoms with Gasteiger partial charge in [-0.15, -0.1) is 0 Å². The van der Waals surface area contributed by atoms with Crippen LogP contribution in [0.4, 0.5) is 5.13 Å². The minimum Gasteiger partial charge on any atom is -0.476 e. The Balaban J connectivity index is 1.36. The zero-order valence-electron chi connectivity index (χ0n) is 20.2. The van der Waals surface area contributed by atoms with Crippen molar-refractivity contribution in [1.29, 1.82) is 0 Å². The van der Waals surface area contributed by atoms with Crippen LogP contribution in [-0.4, -0.2) is 74.8 Å². The number of thiazole rings is 1. The molecule has 3 heterocycles. The van der Waals surface area contributed by atoms with Crippen molar-refractivity contribution in [3.05, 3.63) is 42.0 Å². The smallest absolute Gasteiger partial charge is 0.280 e. The molecule has 1 amide bonds. The topological polar surface area (TPSA) is 141 Å². The third-order valence-corrected chi connectivity index (χ3v) is 9.03. The summed E-state index contributed by atoms with van der Waals surface area (Å²) < 4.78 is 36.0. The third-order valence-electron chi connectivity index (χ3n) is 5.87. The Bertz CT molecular complexity index is 1400.